The standard InChI is InChI=1S/C11H16N2O2/c1-6(2)15-11(14)8-4-9(12)7(3)10(13)5-8/h4-6H,12-13H2,1-3H3. The minimum atomic E-state index is -0.400. The van der Waals surface area contributed by atoms with Crippen molar-refractivity contribution in [2.24, 2.45) is 0 Å². The van der Waals surface area contributed by atoms with Gasteiger partial charge in [0.25, 0.3) is 0 Å². The number of carbonyl (C=O) groups excluding carboxylic acids is 1. The van der Waals surface area contributed by atoms with Crippen molar-refractivity contribution < 1.29 is 9.53 Å². The minimum absolute atomic E-state index is 0.152. The normalized spacial score (nSPS) is 10.4. The summed E-state index contributed by atoms with van der Waals surface area (Å²) in [6.07, 6.45) is -0.152. The highest BCUT2D eigenvalue weighted by Crippen LogP contribution is 2.21. The van der Waals surface area contributed by atoms with E-state index in [0.29, 0.717) is 16.9 Å². The molecule has 0 aromatic heterocycles. The SMILES string of the molecule is Cc1c(N)cc(C(=O)OC(C)C)cc1N. The molecule has 1 rings (SSSR count). The third kappa shape index (κ3) is 2.62. The van der Waals surface area contributed by atoms with Crippen molar-refractivity contribution in [3.63, 3.8) is 0 Å². The van der Waals surface area contributed by atoms with Gasteiger partial charge in [-0.2, -0.15) is 0 Å². The number of hydrogen-bond donors (Lipinski definition) is 2. The van der Waals surface area contributed by atoms with Crippen LogP contribution in [0.2, 0.25) is 0 Å². The Hall–Kier alpha value is -1.71. The number of benzene rings is 1. The highest BCUT2D eigenvalue weighted by molar-refractivity contribution is 5.92. The van der Waals surface area contributed by atoms with E-state index in [4.69, 9.17) is 16.2 Å². The van der Waals surface area contributed by atoms with E-state index in [9.17, 15) is 4.79 Å². The first kappa shape index (κ1) is 11.4. The molecule has 0 atom stereocenters. The molecule has 0 unspecified atom stereocenters. The number of nitrogen functional groups attached to an aromatic ring is 2. The lowest BCUT2D eigenvalue weighted by atomic mass is 10.1. The van der Waals surface area contributed by atoms with Gasteiger partial charge >= 0.3 is 5.97 Å². The van der Waals surface area contributed by atoms with E-state index in [1.165, 1.54) is 0 Å². The second-order valence-corrected chi connectivity index (χ2v) is 3.73. The molecule has 4 nitrogen and oxygen atoms in total. The van der Waals surface area contributed by atoms with Crippen LogP contribution in [0.4, 0.5) is 11.4 Å². The number of esters is 1. The summed E-state index contributed by atoms with van der Waals surface area (Å²) in [7, 11) is 0. The summed E-state index contributed by atoms with van der Waals surface area (Å²) < 4.78 is 5.04. The third-order valence-corrected chi connectivity index (χ3v) is 2.07. The Morgan fingerprint density at radius 2 is 1.73 bits per heavy atom. The van der Waals surface area contributed by atoms with Crippen LogP contribution in [0.5, 0.6) is 0 Å². The first-order chi connectivity index (χ1) is 6.91. The average Bonchev–Trinajstić information content (AvgIpc) is 2.12. The van der Waals surface area contributed by atoms with Crippen LogP contribution in [0.1, 0.15) is 29.8 Å². The van der Waals surface area contributed by atoms with Gasteiger partial charge in [-0.05, 0) is 38.5 Å². The van der Waals surface area contributed by atoms with Crippen molar-refractivity contribution in [2.75, 3.05) is 11.5 Å². The van der Waals surface area contributed by atoms with E-state index < -0.39 is 5.97 Å². The summed E-state index contributed by atoms with van der Waals surface area (Å²) in [4.78, 5) is 11.5. The maximum atomic E-state index is 11.5. The van der Waals surface area contributed by atoms with E-state index in [0.717, 1.165) is 5.56 Å². The highest BCUT2D eigenvalue weighted by atomic mass is 16.5. The van der Waals surface area contributed by atoms with Crippen molar-refractivity contribution in [1.29, 1.82) is 0 Å². The monoisotopic (exact) mass is 208 g/mol. The lowest BCUT2D eigenvalue weighted by Crippen LogP contribution is -2.12. The van der Waals surface area contributed by atoms with Crippen LogP contribution in [-0.2, 0) is 4.74 Å². The largest absolute Gasteiger partial charge is 0.459 e. The van der Waals surface area contributed by atoms with Gasteiger partial charge in [0.2, 0.25) is 0 Å². The molecule has 0 amide bonds. The van der Waals surface area contributed by atoms with Crippen molar-refractivity contribution in [3.8, 4) is 0 Å². The maximum absolute atomic E-state index is 11.5. The summed E-state index contributed by atoms with van der Waals surface area (Å²) in [6, 6.07) is 3.16. The first-order valence-corrected chi connectivity index (χ1v) is 4.78. The first-order valence-electron chi connectivity index (χ1n) is 4.78. The molecule has 0 aliphatic carbocycles. The van der Waals surface area contributed by atoms with Gasteiger partial charge < -0.3 is 16.2 Å². The lowest BCUT2D eigenvalue weighted by Gasteiger charge is -2.10. The Morgan fingerprint density at radius 1 is 1.27 bits per heavy atom. The summed E-state index contributed by atoms with van der Waals surface area (Å²) in [6.45, 7) is 5.39. The van der Waals surface area contributed by atoms with Gasteiger partial charge in [0.1, 0.15) is 0 Å². The molecule has 1 aromatic rings. The van der Waals surface area contributed by atoms with Crippen LogP contribution in [0, 0.1) is 6.92 Å². The van der Waals surface area contributed by atoms with Crippen LogP contribution in [-0.4, -0.2) is 12.1 Å². The summed E-state index contributed by atoms with van der Waals surface area (Å²) in [5.41, 5.74) is 13.6. The average molecular weight is 208 g/mol. The molecule has 15 heavy (non-hydrogen) atoms. The molecule has 4 N–H and O–H groups in total. The summed E-state index contributed by atoms with van der Waals surface area (Å²) in [5, 5.41) is 0. The number of carbonyl (C=O) groups is 1. The Balaban J connectivity index is 3.01. The zero-order valence-electron chi connectivity index (χ0n) is 9.20. The van der Waals surface area contributed by atoms with Crippen molar-refractivity contribution in [3.05, 3.63) is 23.3 Å². The molecule has 0 saturated heterocycles. The number of nitrogens with two attached hydrogens (primary N) is 2. The van der Waals surface area contributed by atoms with Gasteiger partial charge in [0.05, 0.1) is 11.7 Å². The second-order valence-electron chi connectivity index (χ2n) is 3.73. The fourth-order valence-electron chi connectivity index (χ4n) is 1.16. The van der Waals surface area contributed by atoms with Gasteiger partial charge in [-0.25, -0.2) is 4.79 Å². The molecule has 0 aliphatic heterocycles. The predicted molar refractivity (Wildman–Crippen MR) is 60.6 cm³/mol. The lowest BCUT2D eigenvalue weighted by molar-refractivity contribution is 0.0378. The van der Waals surface area contributed by atoms with Gasteiger partial charge in [-0.1, -0.05) is 0 Å². The van der Waals surface area contributed by atoms with E-state index in [-0.39, 0.29) is 6.10 Å². The molecule has 0 spiro atoms. The molecule has 0 heterocycles. The van der Waals surface area contributed by atoms with E-state index >= 15 is 0 Å². The quantitative estimate of drug-likeness (QED) is 0.573. The van der Waals surface area contributed by atoms with Crippen LogP contribution < -0.4 is 11.5 Å². The minimum Gasteiger partial charge on any atom is -0.459 e. The zero-order chi connectivity index (χ0) is 11.6. The van der Waals surface area contributed by atoms with Crippen LogP contribution in [0.3, 0.4) is 0 Å². The van der Waals surface area contributed by atoms with Crippen molar-refractivity contribution in [2.45, 2.75) is 26.9 Å². The van der Waals surface area contributed by atoms with Gasteiger partial charge in [0, 0.05) is 11.4 Å². The molecular weight excluding hydrogens is 192 g/mol. The summed E-state index contributed by atoms with van der Waals surface area (Å²) >= 11 is 0. The number of rotatable bonds is 2. The number of ether oxygens (including phenoxy) is 1. The smallest absolute Gasteiger partial charge is 0.338 e. The zero-order valence-corrected chi connectivity index (χ0v) is 9.20. The van der Waals surface area contributed by atoms with Crippen LogP contribution >= 0.6 is 0 Å². The second kappa shape index (κ2) is 4.21. The van der Waals surface area contributed by atoms with Gasteiger partial charge in [0.15, 0.2) is 0 Å². The molecule has 0 radical (unpaired) electrons. The molecule has 1 aromatic carbocycles. The van der Waals surface area contributed by atoms with Crippen LogP contribution in [0.25, 0.3) is 0 Å². The fraction of sp³-hybridized carbons (Fsp3) is 0.364. The molecular formula is C11H16N2O2. The molecule has 0 saturated carbocycles. The van der Waals surface area contributed by atoms with Gasteiger partial charge in [-0.15, -0.1) is 0 Å². The molecule has 82 valence electrons. The molecule has 0 bridgehead atoms. The number of anilines is 2. The van der Waals surface area contributed by atoms with E-state index in [2.05, 4.69) is 0 Å². The van der Waals surface area contributed by atoms with E-state index in [1.807, 2.05) is 6.92 Å². The highest BCUT2D eigenvalue weighted by Gasteiger charge is 2.12. The van der Waals surface area contributed by atoms with Gasteiger partial charge in [-0.3, -0.25) is 0 Å². The summed E-state index contributed by atoms with van der Waals surface area (Å²) in [5.74, 6) is -0.400. The predicted octanol–water partition coefficient (Wildman–Crippen LogP) is 1.72. The van der Waals surface area contributed by atoms with E-state index in [1.54, 1.807) is 26.0 Å². The fourth-order valence-corrected chi connectivity index (χ4v) is 1.16. The Labute approximate surface area is 89.2 Å². The van der Waals surface area contributed by atoms with Crippen molar-refractivity contribution >= 4 is 17.3 Å². The molecule has 0 aliphatic rings. The maximum Gasteiger partial charge on any atom is 0.338 e. The Morgan fingerprint density at radius 3 is 2.13 bits per heavy atom. The van der Waals surface area contributed by atoms with Crippen LogP contribution in [0.15, 0.2) is 12.1 Å². The van der Waals surface area contributed by atoms with Crippen molar-refractivity contribution in [1.82, 2.24) is 0 Å². The Bertz CT molecular complexity index is 363. The Kier molecular flexibility index (Phi) is 3.19. The molecule has 0 fully saturated rings. The molecule has 4 heteroatoms. The number of hydrogen-bond acceptors (Lipinski definition) is 4. The topological polar surface area (TPSA) is 78.3 Å². The third-order valence-electron chi connectivity index (χ3n) is 2.07.